The van der Waals surface area contributed by atoms with Gasteiger partial charge in [0.2, 0.25) is 0 Å². The molecule has 0 saturated carbocycles. The maximum Gasteiger partial charge on any atom is 0.391 e. The van der Waals surface area contributed by atoms with E-state index < -0.39 is 17.2 Å². The third-order valence-corrected chi connectivity index (χ3v) is 8.14. The Labute approximate surface area is 255 Å². The van der Waals surface area contributed by atoms with Gasteiger partial charge >= 0.3 is 17.2 Å². The summed E-state index contributed by atoms with van der Waals surface area (Å²) in [7, 11) is -5.01. The Morgan fingerprint density at radius 1 is 0.463 bits per heavy atom. The second-order valence-corrected chi connectivity index (χ2v) is 12.6. The van der Waals surface area contributed by atoms with E-state index >= 15 is 0 Å². The minimum atomic E-state index is -2.62. The van der Waals surface area contributed by atoms with Gasteiger partial charge < -0.3 is 29.0 Å². The molecule has 0 heterocycles. The smallest absolute Gasteiger partial charge is 0.391 e. The average molecular weight is 619 g/mol. The predicted octanol–water partition coefficient (Wildman–Crippen LogP) is 10.3. The number of rotatable bonds is 26. The van der Waals surface area contributed by atoms with Crippen molar-refractivity contribution >= 4 is 17.2 Å². The number of hydrogen-bond donors (Lipinski definition) is 5. The zero-order valence-electron chi connectivity index (χ0n) is 26.7. The maximum absolute atomic E-state index is 9.66. The lowest BCUT2D eigenvalue weighted by Crippen LogP contribution is -2.05. The molecular formula is C33H64O6P2. The van der Waals surface area contributed by atoms with Crippen molar-refractivity contribution in [2.45, 2.75) is 175 Å². The first-order valence-corrected chi connectivity index (χ1v) is 19.1. The van der Waals surface area contributed by atoms with Gasteiger partial charge in [-0.1, -0.05) is 142 Å². The zero-order valence-corrected chi connectivity index (χ0v) is 28.5. The molecule has 0 radical (unpaired) electrons. The summed E-state index contributed by atoms with van der Waals surface area (Å²) in [6, 6.07) is 4.24. The fourth-order valence-electron chi connectivity index (χ4n) is 5.50. The van der Waals surface area contributed by atoms with Crippen LogP contribution < -0.4 is 4.52 Å². The lowest BCUT2D eigenvalue weighted by Gasteiger charge is -2.20. The normalized spacial score (nSPS) is 11.3. The molecule has 242 valence electrons. The van der Waals surface area contributed by atoms with Gasteiger partial charge in [0.05, 0.1) is 0 Å². The first-order chi connectivity index (χ1) is 19.9. The molecule has 0 aliphatic carbocycles. The predicted molar refractivity (Wildman–Crippen MR) is 177 cm³/mol. The van der Waals surface area contributed by atoms with Crippen LogP contribution in [-0.2, 0) is 19.3 Å². The van der Waals surface area contributed by atoms with E-state index in [1.54, 1.807) is 0 Å². The van der Waals surface area contributed by atoms with E-state index in [0.717, 1.165) is 25.7 Å². The van der Waals surface area contributed by atoms with E-state index in [1.165, 1.54) is 145 Å². The molecule has 0 aliphatic rings. The molecule has 0 atom stereocenters. The van der Waals surface area contributed by atoms with E-state index in [9.17, 15) is 9.79 Å². The van der Waals surface area contributed by atoms with Gasteiger partial charge in [0.1, 0.15) is 5.75 Å². The van der Waals surface area contributed by atoms with E-state index in [0.29, 0.717) is 5.75 Å². The van der Waals surface area contributed by atoms with Gasteiger partial charge in [-0.15, -0.1) is 0 Å². The monoisotopic (exact) mass is 618 g/mol. The third kappa shape index (κ3) is 24.8. The Hall–Kier alpha value is -0.320. The fraction of sp³-hybridized carbons (Fsp3) is 0.818. The van der Waals surface area contributed by atoms with Crippen LogP contribution in [0, 0.1) is 0 Å². The van der Waals surface area contributed by atoms with Gasteiger partial charge in [-0.05, 0) is 61.3 Å². The van der Waals surface area contributed by atoms with Crippen molar-refractivity contribution in [2.24, 2.45) is 0 Å². The highest BCUT2D eigenvalue weighted by molar-refractivity contribution is 7.39. The molecule has 0 spiro atoms. The standard InChI is InChI=1S/C33H61O3P.H3O3P/c1-4-7-10-13-16-19-22-25-30-28-29-33(36-37(34)35)32(27-24-21-18-15-12-9-6-3)31(30)26-23-20-17-14-11-8-5-2;1-4(2)3/h28-29,34-35H,4-27H2,1-3H3;1-3H. The van der Waals surface area contributed by atoms with Crippen molar-refractivity contribution < 1.29 is 29.0 Å². The van der Waals surface area contributed by atoms with E-state index in [-0.39, 0.29) is 0 Å². The summed E-state index contributed by atoms with van der Waals surface area (Å²) in [4.78, 5) is 41.0. The first kappa shape index (κ1) is 40.7. The molecule has 0 amide bonds. The van der Waals surface area contributed by atoms with Crippen LogP contribution in [0.25, 0.3) is 0 Å². The molecule has 0 bridgehead atoms. The van der Waals surface area contributed by atoms with Gasteiger partial charge in [0.15, 0.2) is 0 Å². The van der Waals surface area contributed by atoms with Gasteiger partial charge in [-0.25, -0.2) is 0 Å². The molecule has 6 nitrogen and oxygen atoms in total. The van der Waals surface area contributed by atoms with Crippen LogP contribution in [0.1, 0.15) is 172 Å². The van der Waals surface area contributed by atoms with Gasteiger partial charge in [0, 0.05) is 0 Å². The zero-order chi connectivity index (χ0) is 30.6. The number of aryl methyl sites for hydroxylation is 1. The quantitative estimate of drug-likeness (QED) is 0.0522. The maximum atomic E-state index is 9.66. The molecule has 1 rings (SSSR count). The van der Waals surface area contributed by atoms with E-state index in [1.807, 2.05) is 6.07 Å². The SMILES string of the molecule is CCCCCCCCCc1ccc(OP(O)O)c(CCCCCCCCC)c1CCCCCCCCC.OP(O)O. The van der Waals surface area contributed by atoms with Crippen molar-refractivity contribution in [3.8, 4) is 5.75 Å². The molecule has 5 N–H and O–H groups in total. The van der Waals surface area contributed by atoms with Crippen LogP contribution >= 0.6 is 17.2 Å². The molecule has 41 heavy (non-hydrogen) atoms. The highest BCUT2D eigenvalue weighted by atomic mass is 31.2. The third-order valence-electron chi connectivity index (χ3n) is 7.78. The van der Waals surface area contributed by atoms with Crippen LogP contribution in [-0.4, -0.2) is 24.5 Å². The van der Waals surface area contributed by atoms with Crippen molar-refractivity contribution in [3.63, 3.8) is 0 Å². The van der Waals surface area contributed by atoms with Gasteiger partial charge in [-0.2, -0.15) is 0 Å². The summed E-state index contributed by atoms with van der Waals surface area (Å²) in [6.07, 6.45) is 30.8. The second kappa shape index (κ2) is 29.7. The van der Waals surface area contributed by atoms with Crippen LogP contribution in [0.2, 0.25) is 0 Å². The first-order valence-electron chi connectivity index (χ1n) is 16.7. The van der Waals surface area contributed by atoms with Crippen molar-refractivity contribution in [1.82, 2.24) is 0 Å². The highest BCUT2D eigenvalue weighted by Gasteiger charge is 2.17. The van der Waals surface area contributed by atoms with E-state index in [2.05, 4.69) is 26.8 Å². The second-order valence-electron chi connectivity index (χ2n) is 11.4. The average Bonchev–Trinajstić information content (AvgIpc) is 2.92. The Morgan fingerprint density at radius 2 is 0.805 bits per heavy atom. The Balaban J connectivity index is 0.00000373. The Morgan fingerprint density at radius 3 is 1.20 bits per heavy atom. The summed E-state index contributed by atoms with van der Waals surface area (Å²) < 4.78 is 5.58. The summed E-state index contributed by atoms with van der Waals surface area (Å²) in [6.45, 7) is 6.82. The molecule has 0 saturated heterocycles. The van der Waals surface area contributed by atoms with Gasteiger partial charge in [-0.3, -0.25) is 0 Å². The van der Waals surface area contributed by atoms with Crippen LogP contribution in [0.4, 0.5) is 0 Å². The molecule has 1 aromatic rings. The summed E-state index contributed by atoms with van der Waals surface area (Å²) in [5, 5.41) is 0. The molecule has 0 aromatic heterocycles. The van der Waals surface area contributed by atoms with Crippen LogP contribution in [0.3, 0.4) is 0 Å². The van der Waals surface area contributed by atoms with Crippen molar-refractivity contribution in [1.29, 1.82) is 0 Å². The Bertz CT molecular complexity index is 700. The molecule has 0 fully saturated rings. The molecule has 1 aromatic carbocycles. The topological polar surface area (TPSA) is 110 Å². The summed E-state index contributed by atoms with van der Waals surface area (Å²) in [5.41, 5.74) is 4.19. The lowest BCUT2D eigenvalue weighted by atomic mass is 9.89. The van der Waals surface area contributed by atoms with Crippen LogP contribution in [0.5, 0.6) is 5.75 Å². The fourth-order valence-corrected chi connectivity index (χ4v) is 5.85. The molecule has 8 heteroatoms. The molecule has 0 unspecified atom stereocenters. The number of benzene rings is 1. The highest BCUT2D eigenvalue weighted by Crippen LogP contribution is 2.37. The van der Waals surface area contributed by atoms with Crippen LogP contribution in [0.15, 0.2) is 12.1 Å². The largest absolute Gasteiger partial charge is 0.427 e. The number of hydrogen-bond acceptors (Lipinski definition) is 6. The summed E-state index contributed by atoms with van der Waals surface area (Å²) >= 11 is 0. The van der Waals surface area contributed by atoms with E-state index in [4.69, 9.17) is 19.2 Å². The summed E-state index contributed by atoms with van der Waals surface area (Å²) in [5.74, 6) is 0.711. The molecular weight excluding hydrogens is 554 g/mol. The Kier molecular flexibility index (Phi) is 29.5. The lowest BCUT2D eigenvalue weighted by molar-refractivity contribution is 0.367. The molecule has 0 aliphatic heterocycles. The van der Waals surface area contributed by atoms with Crippen molar-refractivity contribution in [2.75, 3.05) is 0 Å². The minimum Gasteiger partial charge on any atom is -0.427 e. The number of unbranched alkanes of at least 4 members (excludes halogenated alkanes) is 18. The minimum absolute atomic E-state index is 0.711. The van der Waals surface area contributed by atoms with Crippen molar-refractivity contribution in [3.05, 3.63) is 28.8 Å². The van der Waals surface area contributed by atoms with Gasteiger partial charge in [0.25, 0.3) is 0 Å².